The van der Waals surface area contributed by atoms with Crippen LogP contribution in [0.25, 0.3) is 6.08 Å². The molecular formula is C18H23N3O2. The number of anilines is 1. The molecule has 1 unspecified atom stereocenters. The largest absolute Gasteiger partial charge is 0.336 e. The fourth-order valence-corrected chi connectivity index (χ4v) is 3.09. The van der Waals surface area contributed by atoms with Crippen LogP contribution in [0.15, 0.2) is 30.3 Å². The molecule has 0 saturated carbocycles. The summed E-state index contributed by atoms with van der Waals surface area (Å²) in [6, 6.07) is 8.13. The maximum Gasteiger partial charge on any atom is 0.246 e. The molecule has 23 heavy (non-hydrogen) atoms. The van der Waals surface area contributed by atoms with Gasteiger partial charge in [0, 0.05) is 50.4 Å². The summed E-state index contributed by atoms with van der Waals surface area (Å²) >= 11 is 0. The lowest BCUT2D eigenvalue weighted by atomic mass is 10.1. The number of amides is 2. The summed E-state index contributed by atoms with van der Waals surface area (Å²) in [5, 5.41) is 3.33. The van der Waals surface area contributed by atoms with Gasteiger partial charge in [-0.1, -0.05) is 12.1 Å². The number of benzene rings is 1. The SMILES string of the molecule is CC1CN(C(=O)/C=C/c2ccc(N3CCCC3=O)cc2)CCN1. The van der Waals surface area contributed by atoms with E-state index in [1.165, 1.54) is 0 Å². The van der Waals surface area contributed by atoms with Crippen LogP contribution < -0.4 is 10.2 Å². The van der Waals surface area contributed by atoms with Crippen LogP contribution in [0, 0.1) is 0 Å². The Morgan fingerprint density at radius 1 is 1.26 bits per heavy atom. The van der Waals surface area contributed by atoms with Crippen molar-refractivity contribution in [3.8, 4) is 0 Å². The third kappa shape index (κ3) is 3.79. The Balaban J connectivity index is 1.61. The molecule has 5 heteroatoms. The molecule has 0 radical (unpaired) electrons. The van der Waals surface area contributed by atoms with E-state index < -0.39 is 0 Å². The van der Waals surface area contributed by atoms with Gasteiger partial charge >= 0.3 is 0 Å². The van der Waals surface area contributed by atoms with E-state index in [0.717, 1.165) is 43.9 Å². The fourth-order valence-electron chi connectivity index (χ4n) is 3.09. The first-order chi connectivity index (χ1) is 11.1. The van der Waals surface area contributed by atoms with Gasteiger partial charge in [-0.15, -0.1) is 0 Å². The summed E-state index contributed by atoms with van der Waals surface area (Å²) in [4.78, 5) is 27.6. The molecule has 0 aliphatic carbocycles. The second-order valence-electron chi connectivity index (χ2n) is 6.21. The summed E-state index contributed by atoms with van der Waals surface area (Å²) in [6.07, 6.45) is 5.04. The molecular weight excluding hydrogens is 290 g/mol. The summed E-state index contributed by atoms with van der Waals surface area (Å²) < 4.78 is 0. The number of carbonyl (C=O) groups excluding carboxylic acids is 2. The van der Waals surface area contributed by atoms with Crippen LogP contribution in [0.2, 0.25) is 0 Å². The standard InChI is InChI=1S/C18H23N3O2/c1-14-13-20(12-10-19-14)17(22)9-6-15-4-7-16(8-5-15)21-11-2-3-18(21)23/h4-9,14,19H,2-3,10-13H2,1H3/b9-6+. The number of rotatable bonds is 3. The Labute approximate surface area is 137 Å². The molecule has 1 aromatic carbocycles. The summed E-state index contributed by atoms with van der Waals surface area (Å²) in [6.45, 7) is 5.23. The molecule has 2 fully saturated rings. The minimum Gasteiger partial charge on any atom is -0.336 e. The van der Waals surface area contributed by atoms with E-state index in [9.17, 15) is 9.59 Å². The maximum absolute atomic E-state index is 12.2. The smallest absolute Gasteiger partial charge is 0.246 e. The van der Waals surface area contributed by atoms with Crippen LogP contribution in [0.5, 0.6) is 0 Å². The van der Waals surface area contributed by atoms with Gasteiger partial charge in [0.15, 0.2) is 0 Å². The van der Waals surface area contributed by atoms with Crippen molar-refractivity contribution < 1.29 is 9.59 Å². The molecule has 2 aliphatic heterocycles. The zero-order valence-electron chi connectivity index (χ0n) is 13.5. The molecule has 1 N–H and O–H groups in total. The fraction of sp³-hybridized carbons (Fsp3) is 0.444. The van der Waals surface area contributed by atoms with E-state index in [1.807, 2.05) is 40.1 Å². The Morgan fingerprint density at radius 3 is 2.70 bits per heavy atom. The van der Waals surface area contributed by atoms with Crippen molar-refractivity contribution in [1.29, 1.82) is 0 Å². The minimum absolute atomic E-state index is 0.0529. The van der Waals surface area contributed by atoms with Crippen LogP contribution in [0.1, 0.15) is 25.3 Å². The van der Waals surface area contributed by atoms with Gasteiger partial charge in [0.25, 0.3) is 0 Å². The number of hydrogen-bond acceptors (Lipinski definition) is 3. The number of nitrogens with one attached hydrogen (secondary N) is 1. The number of piperazine rings is 1. The molecule has 5 nitrogen and oxygen atoms in total. The van der Waals surface area contributed by atoms with Crippen molar-refractivity contribution >= 4 is 23.6 Å². The van der Waals surface area contributed by atoms with Crippen molar-refractivity contribution in [1.82, 2.24) is 10.2 Å². The molecule has 2 amide bonds. The summed E-state index contributed by atoms with van der Waals surface area (Å²) in [5.41, 5.74) is 1.91. The third-order valence-electron chi connectivity index (χ3n) is 4.38. The predicted octanol–water partition coefficient (Wildman–Crippen LogP) is 1.65. The van der Waals surface area contributed by atoms with Crippen molar-refractivity contribution in [2.45, 2.75) is 25.8 Å². The Hall–Kier alpha value is -2.14. The molecule has 122 valence electrons. The summed E-state index contributed by atoms with van der Waals surface area (Å²) in [7, 11) is 0. The van der Waals surface area contributed by atoms with Gasteiger partial charge in [0.2, 0.25) is 11.8 Å². The molecule has 2 heterocycles. The summed E-state index contributed by atoms with van der Waals surface area (Å²) in [5.74, 6) is 0.244. The van der Waals surface area contributed by atoms with E-state index in [-0.39, 0.29) is 11.8 Å². The van der Waals surface area contributed by atoms with Gasteiger partial charge in [-0.05, 0) is 37.1 Å². The van der Waals surface area contributed by atoms with Gasteiger partial charge in [-0.3, -0.25) is 9.59 Å². The predicted molar refractivity (Wildman–Crippen MR) is 91.1 cm³/mol. The lowest BCUT2D eigenvalue weighted by molar-refractivity contribution is -0.127. The highest BCUT2D eigenvalue weighted by Crippen LogP contribution is 2.21. The lowest BCUT2D eigenvalue weighted by Gasteiger charge is -2.31. The van der Waals surface area contributed by atoms with Gasteiger partial charge in [-0.2, -0.15) is 0 Å². The highest BCUT2D eigenvalue weighted by atomic mass is 16.2. The number of carbonyl (C=O) groups is 2. The minimum atomic E-state index is 0.0529. The van der Waals surface area contributed by atoms with E-state index in [4.69, 9.17) is 0 Å². The first-order valence-corrected chi connectivity index (χ1v) is 8.24. The van der Waals surface area contributed by atoms with Crippen molar-refractivity contribution in [3.63, 3.8) is 0 Å². The van der Waals surface area contributed by atoms with E-state index >= 15 is 0 Å². The Bertz CT molecular complexity index is 609. The van der Waals surface area contributed by atoms with Gasteiger partial charge in [0.1, 0.15) is 0 Å². The van der Waals surface area contributed by atoms with Gasteiger partial charge in [0.05, 0.1) is 0 Å². The van der Waals surface area contributed by atoms with Crippen LogP contribution in [0.4, 0.5) is 5.69 Å². The van der Waals surface area contributed by atoms with Gasteiger partial charge in [-0.25, -0.2) is 0 Å². The molecule has 1 atom stereocenters. The zero-order valence-corrected chi connectivity index (χ0v) is 13.5. The van der Waals surface area contributed by atoms with E-state index in [1.54, 1.807) is 6.08 Å². The topological polar surface area (TPSA) is 52.7 Å². The van der Waals surface area contributed by atoms with Crippen LogP contribution in [-0.4, -0.2) is 48.9 Å². The highest BCUT2D eigenvalue weighted by Gasteiger charge is 2.21. The average Bonchev–Trinajstić information content (AvgIpc) is 2.99. The van der Waals surface area contributed by atoms with Crippen molar-refractivity contribution in [3.05, 3.63) is 35.9 Å². The number of hydrogen-bond donors (Lipinski definition) is 1. The van der Waals surface area contributed by atoms with Crippen LogP contribution in [0.3, 0.4) is 0 Å². The molecule has 2 aliphatic rings. The molecule has 0 spiro atoms. The molecule has 3 rings (SSSR count). The van der Waals surface area contributed by atoms with Crippen LogP contribution >= 0.6 is 0 Å². The third-order valence-corrected chi connectivity index (χ3v) is 4.38. The van der Waals surface area contributed by atoms with Crippen molar-refractivity contribution in [2.24, 2.45) is 0 Å². The van der Waals surface area contributed by atoms with E-state index in [2.05, 4.69) is 12.2 Å². The average molecular weight is 313 g/mol. The van der Waals surface area contributed by atoms with E-state index in [0.29, 0.717) is 12.5 Å². The second kappa shape index (κ2) is 6.96. The zero-order chi connectivity index (χ0) is 16.2. The molecule has 2 saturated heterocycles. The Morgan fingerprint density at radius 2 is 2.04 bits per heavy atom. The number of nitrogens with zero attached hydrogens (tertiary/aromatic N) is 2. The first kappa shape index (κ1) is 15.7. The highest BCUT2D eigenvalue weighted by molar-refractivity contribution is 5.95. The molecule has 0 bridgehead atoms. The first-order valence-electron chi connectivity index (χ1n) is 8.24. The second-order valence-corrected chi connectivity index (χ2v) is 6.21. The van der Waals surface area contributed by atoms with Gasteiger partial charge < -0.3 is 15.1 Å². The Kier molecular flexibility index (Phi) is 4.76. The lowest BCUT2D eigenvalue weighted by Crippen LogP contribution is -2.50. The monoisotopic (exact) mass is 313 g/mol. The quantitative estimate of drug-likeness (QED) is 0.863. The van der Waals surface area contributed by atoms with Crippen molar-refractivity contribution in [2.75, 3.05) is 31.1 Å². The molecule has 1 aromatic rings. The van der Waals surface area contributed by atoms with Crippen LogP contribution in [-0.2, 0) is 9.59 Å². The normalized spacial score (nSPS) is 22.1. The molecule has 0 aromatic heterocycles. The maximum atomic E-state index is 12.2.